The topological polar surface area (TPSA) is 32.3 Å². The number of β-amino-alcohol motifs (C(OH)–C–C–N with tert-alkyl or cyclic N) is 1. The minimum absolute atomic E-state index is 0.641. The van der Waals surface area contributed by atoms with E-state index in [-0.39, 0.29) is 0 Å². The highest BCUT2D eigenvalue weighted by molar-refractivity contribution is 5.32. The average Bonchev–Trinajstić information content (AvgIpc) is 2.28. The molecule has 0 amide bonds. The Kier molecular flexibility index (Phi) is 2.93. The van der Waals surface area contributed by atoms with Gasteiger partial charge in [-0.1, -0.05) is 30.7 Å². The van der Waals surface area contributed by atoms with Crippen molar-refractivity contribution < 1.29 is 5.11 Å². The van der Waals surface area contributed by atoms with E-state index >= 15 is 0 Å². The first kappa shape index (κ1) is 11.2. The molecule has 1 atom stereocenters. The predicted molar refractivity (Wildman–Crippen MR) is 69.0 cm³/mol. The van der Waals surface area contributed by atoms with Crippen LogP contribution < -0.4 is 5.32 Å². The molecular formula is C15H21NO. The van der Waals surface area contributed by atoms with Crippen LogP contribution in [0.25, 0.3) is 0 Å². The molecule has 2 heteroatoms. The first-order valence-electron chi connectivity index (χ1n) is 6.81. The summed E-state index contributed by atoms with van der Waals surface area (Å²) in [6.07, 6.45) is 5.94. The lowest BCUT2D eigenvalue weighted by Gasteiger charge is -2.34. The van der Waals surface area contributed by atoms with Gasteiger partial charge in [0.25, 0.3) is 0 Å². The van der Waals surface area contributed by atoms with Crippen molar-refractivity contribution in [2.75, 3.05) is 13.1 Å². The molecule has 1 aliphatic heterocycles. The highest BCUT2D eigenvalue weighted by Gasteiger charge is 2.31. The molecule has 0 radical (unpaired) electrons. The molecule has 0 aromatic heterocycles. The van der Waals surface area contributed by atoms with Crippen LogP contribution in [0.15, 0.2) is 24.3 Å². The highest BCUT2D eigenvalue weighted by Crippen LogP contribution is 2.38. The Morgan fingerprint density at radius 1 is 1.24 bits per heavy atom. The summed E-state index contributed by atoms with van der Waals surface area (Å²) in [6, 6.07) is 8.63. The number of benzene rings is 1. The Bertz CT molecular complexity index is 392. The molecule has 2 N–H and O–H groups in total. The van der Waals surface area contributed by atoms with E-state index in [1.54, 1.807) is 0 Å². The molecule has 1 aromatic rings. The van der Waals surface area contributed by atoms with Gasteiger partial charge in [0, 0.05) is 6.54 Å². The quantitative estimate of drug-likeness (QED) is 0.819. The number of aliphatic hydroxyl groups is 1. The molecule has 2 aliphatic rings. The zero-order chi connectivity index (χ0) is 11.7. The zero-order valence-electron chi connectivity index (χ0n) is 10.3. The van der Waals surface area contributed by atoms with Crippen molar-refractivity contribution in [3.8, 4) is 0 Å². The van der Waals surface area contributed by atoms with Crippen molar-refractivity contribution in [2.24, 2.45) is 0 Å². The van der Waals surface area contributed by atoms with Crippen LogP contribution in [0.3, 0.4) is 0 Å². The SMILES string of the molecule is OC1(c2cccc(C3CCC3)c2)CCCNC1. The Labute approximate surface area is 103 Å². The van der Waals surface area contributed by atoms with Gasteiger partial charge in [-0.05, 0) is 49.3 Å². The van der Waals surface area contributed by atoms with E-state index in [0.29, 0.717) is 6.54 Å². The van der Waals surface area contributed by atoms with Gasteiger partial charge in [-0.3, -0.25) is 0 Å². The molecule has 1 unspecified atom stereocenters. The maximum Gasteiger partial charge on any atom is 0.102 e. The molecule has 3 rings (SSSR count). The third kappa shape index (κ3) is 2.12. The fourth-order valence-corrected chi connectivity index (χ4v) is 2.96. The summed E-state index contributed by atoms with van der Waals surface area (Å²) in [7, 11) is 0. The van der Waals surface area contributed by atoms with Gasteiger partial charge in [0.15, 0.2) is 0 Å². The monoisotopic (exact) mass is 231 g/mol. The Hall–Kier alpha value is -0.860. The van der Waals surface area contributed by atoms with Crippen molar-refractivity contribution in [3.05, 3.63) is 35.4 Å². The first-order chi connectivity index (χ1) is 8.28. The van der Waals surface area contributed by atoms with Gasteiger partial charge in [-0.2, -0.15) is 0 Å². The molecular weight excluding hydrogens is 210 g/mol. The Morgan fingerprint density at radius 2 is 2.12 bits per heavy atom. The molecule has 1 saturated heterocycles. The van der Waals surface area contributed by atoms with Gasteiger partial charge in [-0.15, -0.1) is 0 Å². The van der Waals surface area contributed by atoms with E-state index in [0.717, 1.165) is 30.9 Å². The van der Waals surface area contributed by atoms with Crippen LogP contribution in [-0.2, 0) is 5.60 Å². The van der Waals surface area contributed by atoms with Gasteiger partial charge < -0.3 is 10.4 Å². The molecule has 92 valence electrons. The zero-order valence-corrected chi connectivity index (χ0v) is 10.3. The number of rotatable bonds is 2. The van der Waals surface area contributed by atoms with E-state index in [1.165, 1.54) is 24.8 Å². The van der Waals surface area contributed by atoms with Crippen LogP contribution in [0.4, 0.5) is 0 Å². The summed E-state index contributed by atoms with van der Waals surface area (Å²) in [5, 5.41) is 14.0. The van der Waals surface area contributed by atoms with Crippen LogP contribution >= 0.6 is 0 Å². The van der Waals surface area contributed by atoms with E-state index in [9.17, 15) is 5.11 Å². The predicted octanol–water partition coefficient (Wildman–Crippen LogP) is 2.53. The van der Waals surface area contributed by atoms with Gasteiger partial charge in [-0.25, -0.2) is 0 Å². The van der Waals surface area contributed by atoms with Gasteiger partial charge in [0.2, 0.25) is 0 Å². The van der Waals surface area contributed by atoms with E-state index < -0.39 is 5.60 Å². The molecule has 0 spiro atoms. The fourth-order valence-electron chi connectivity index (χ4n) is 2.96. The van der Waals surface area contributed by atoms with Crippen molar-refractivity contribution in [1.82, 2.24) is 5.32 Å². The summed E-state index contributed by atoms with van der Waals surface area (Å²) < 4.78 is 0. The summed E-state index contributed by atoms with van der Waals surface area (Å²) in [5.41, 5.74) is 1.89. The molecule has 17 heavy (non-hydrogen) atoms. The fraction of sp³-hybridized carbons (Fsp3) is 0.600. The standard InChI is InChI=1S/C15H21NO/c17-15(8-3-9-16-11-15)14-7-2-6-13(10-14)12-4-1-5-12/h2,6-7,10,12,16-17H,1,3-5,8-9,11H2. The van der Waals surface area contributed by atoms with Gasteiger partial charge in [0.1, 0.15) is 5.60 Å². The molecule has 1 saturated carbocycles. The largest absolute Gasteiger partial charge is 0.384 e. The molecule has 1 aliphatic carbocycles. The lowest BCUT2D eigenvalue weighted by Crippen LogP contribution is -2.43. The third-order valence-corrected chi connectivity index (χ3v) is 4.36. The second-order valence-electron chi connectivity index (χ2n) is 5.57. The summed E-state index contributed by atoms with van der Waals surface area (Å²) in [6.45, 7) is 1.73. The van der Waals surface area contributed by atoms with E-state index in [4.69, 9.17) is 0 Å². The van der Waals surface area contributed by atoms with Crippen molar-refractivity contribution >= 4 is 0 Å². The van der Waals surface area contributed by atoms with Crippen molar-refractivity contribution in [2.45, 2.75) is 43.6 Å². The first-order valence-corrected chi connectivity index (χ1v) is 6.81. The Balaban J connectivity index is 1.86. The van der Waals surface area contributed by atoms with Gasteiger partial charge >= 0.3 is 0 Å². The second kappa shape index (κ2) is 4.43. The summed E-state index contributed by atoms with van der Waals surface area (Å²) in [5.74, 6) is 0.745. The van der Waals surface area contributed by atoms with Crippen LogP contribution in [0.2, 0.25) is 0 Å². The van der Waals surface area contributed by atoms with Crippen LogP contribution in [0.1, 0.15) is 49.1 Å². The summed E-state index contributed by atoms with van der Waals surface area (Å²) >= 11 is 0. The number of hydrogen-bond donors (Lipinski definition) is 2. The molecule has 2 nitrogen and oxygen atoms in total. The minimum atomic E-state index is -0.641. The number of nitrogens with one attached hydrogen (secondary N) is 1. The maximum absolute atomic E-state index is 10.7. The third-order valence-electron chi connectivity index (χ3n) is 4.36. The normalized spacial score (nSPS) is 29.9. The molecule has 2 fully saturated rings. The van der Waals surface area contributed by atoms with Gasteiger partial charge in [0.05, 0.1) is 0 Å². The molecule has 0 bridgehead atoms. The highest BCUT2D eigenvalue weighted by atomic mass is 16.3. The lowest BCUT2D eigenvalue weighted by atomic mass is 9.78. The van der Waals surface area contributed by atoms with Crippen molar-refractivity contribution in [3.63, 3.8) is 0 Å². The lowest BCUT2D eigenvalue weighted by molar-refractivity contribution is 0.0122. The Morgan fingerprint density at radius 3 is 2.76 bits per heavy atom. The molecule has 1 aromatic carbocycles. The average molecular weight is 231 g/mol. The summed E-state index contributed by atoms with van der Waals surface area (Å²) in [4.78, 5) is 0. The molecule has 1 heterocycles. The maximum atomic E-state index is 10.7. The van der Waals surface area contributed by atoms with Crippen LogP contribution in [-0.4, -0.2) is 18.2 Å². The minimum Gasteiger partial charge on any atom is -0.384 e. The number of piperidine rings is 1. The van der Waals surface area contributed by atoms with E-state index in [1.807, 2.05) is 0 Å². The van der Waals surface area contributed by atoms with Crippen LogP contribution in [0, 0.1) is 0 Å². The number of hydrogen-bond acceptors (Lipinski definition) is 2. The second-order valence-corrected chi connectivity index (χ2v) is 5.57. The van der Waals surface area contributed by atoms with Crippen molar-refractivity contribution in [1.29, 1.82) is 0 Å². The van der Waals surface area contributed by atoms with E-state index in [2.05, 4.69) is 29.6 Å². The van der Waals surface area contributed by atoms with Crippen LogP contribution in [0.5, 0.6) is 0 Å². The smallest absolute Gasteiger partial charge is 0.102 e.